The summed E-state index contributed by atoms with van der Waals surface area (Å²) in [5.41, 5.74) is 0.645. The van der Waals surface area contributed by atoms with Gasteiger partial charge in [0.1, 0.15) is 4.90 Å². The minimum Gasteiger partial charge on any atom is -0.367 e. The summed E-state index contributed by atoms with van der Waals surface area (Å²) in [5, 5.41) is 5.31. The molecular weight excluding hydrogens is 382 g/mol. The molecular formula is C14H16BrN5O2S. The van der Waals surface area contributed by atoms with Gasteiger partial charge in [-0.2, -0.15) is 0 Å². The van der Waals surface area contributed by atoms with Crippen LogP contribution in [-0.4, -0.2) is 44.6 Å². The van der Waals surface area contributed by atoms with E-state index >= 15 is 0 Å². The maximum Gasteiger partial charge on any atom is 0.240 e. The van der Waals surface area contributed by atoms with E-state index < -0.39 is 10.0 Å². The topological polar surface area (TPSA) is 92.4 Å². The average Bonchev–Trinajstić information content (AvgIpc) is 2.55. The summed E-state index contributed by atoms with van der Waals surface area (Å²) in [5.74, 6) is 0.674. The third kappa shape index (κ3) is 3.62. The van der Waals surface area contributed by atoms with Crippen LogP contribution in [0, 0.1) is 0 Å². The van der Waals surface area contributed by atoms with E-state index in [1.54, 1.807) is 24.5 Å². The summed E-state index contributed by atoms with van der Waals surface area (Å²) in [6.07, 6.45) is 3.43. The number of primary sulfonamides is 1. The van der Waals surface area contributed by atoms with Crippen LogP contribution in [0.5, 0.6) is 0 Å². The second-order valence-corrected chi connectivity index (χ2v) is 7.63. The molecule has 3 rings (SSSR count). The van der Waals surface area contributed by atoms with Crippen molar-refractivity contribution in [2.45, 2.75) is 4.90 Å². The zero-order chi connectivity index (χ0) is 16.4. The molecule has 1 aromatic heterocycles. The first-order valence-corrected chi connectivity index (χ1v) is 9.38. The first-order chi connectivity index (χ1) is 10.9. The molecule has 2 aromatic rings. The molecule has 1 aliphatic rings. The van der Waals surface area contributed by atoms with E-state index in [0.29, 0.717) is 37.8 Å². The van der Waals surface area contributed by atoms with Crippen molar-refractivity contribution in [2.75, 3.05) is 36.0 Å². The Morgan fingerprint density at radius 2 is 1.57 bits per heavy atom. The standard InChI is InChI=1S/C14H16BrN5O2S/c15-11-9-17-14(18-10-11)20-7-5-19(6-8-20)12-3-1-2-4-13(12)23(16,21)22/h1-4,9-10H,5-8H2,(H2,16,21,22). The van der Waals surface area contributed by atoms with Crippen LogP contribution in [0.2, 0.25) is 0 Å². The molecule has 0 spiro atoms. The number of hydrogen-bond acceptors (Lipinski definition) is 6. The zero-order valence-corrected chi connectivity index (χ0v) is 14.7. The number of benzene rings is 1. The molecule has 0 unspecified atom stereocenters. The van der Waals surface area contributed by atoms with Gasteiger partial charge in [-0.05, 0) is 28.1 Å². The number of para-hydroxylation sites is 1. The van der Waals surface area contributed by atoms with E-state index in [9.17, 15) is 8.42 Å². The van der Waals surface area contributed by atoms with Crippen LogP contribution in [0.15, 0.2) is 46.0 Å². The fraction of sp³-hybridized carbons (Fsp3) is 0.286. The molecule has 0 bridgehead atoms. The van der Waals surface area contributed by atoms with Crippen molar-refractivity contribution >= 4 is 37.6 Å². The quantitative estimate of drug-likeness (QED) is 0.836. The van der Waals surface area contributed by atoms with E-state index in [0.717, 1.165) is 4.47 Å². The van der Waals surface area contributed by atoms with Crippen molar-refractivity contribution in [3.8, 4) is 0 Å². The molecule has 1 aliphatic heterocycles. The van der Waals surface area contributed by atoms with Crippen LogP contribution in [0.3, 0.4) is 0 Å². The average molecular weight is 398 g/mol. The van der Waals surface area contributed by atoms with Gasteiger partial charge in [0.05, 0.1) is 10.2 Å². The molecule has 1 saturated heterocycles. The van der Waals surface area contributed by atoms with Crippen LogP contribution in [0.4, 0.5) is 11.6 Å². The second-order valence-electron chi connectivity index (χ2n) is 5.19. The number of piperazine rings is 1. The molecule has 1 aromatic carbocycles. The van der Waals surface area contributed by atoms with Crippen molar-refractivity contribution in [1.82, 2.24) is 9.97 Å². The fourth-order valence-corrected chi connectivity index (χ4v) is 3.54. The minimum absolute atomic E-state index is 0.161. The van der Waals surface area contributed by atoms with E-state index in [2.05, 4.69) is 30.8 Å². The van der Waals surface area contributed by atoms with Gasteiger partial charge in [-0.1, -0.05) is 12.1 Å². The van der Waals surface area contributed by atoms with Gasteiger partial charge < -0.3 is 9.80 Å². The third-order valence-corrected chi connectivity index (χ3v) is 5.05. The normalized spacial score (nSPS) is 15.7. The summed E-state index contributed by atoms with van der Waals surface area (Å²) in [7, 11) is -3.74. The number of hydrogen-bond donors (Lipinski definition) is 1. The first kappa shape index (κ1) is 16.2. The molecule has 0 atom stereocenters. The van der Waals surface area contributed by atoms with Gasteiger partial charge in [-0.15, -0.1) is 0 Å². The number of nitrogens with zero attached hydrogens (tertiary/aromatic N) is 4. The Balaban J connectivity index is 1.76. The third-order valence-electron chi connectivity index (χ3n) is 3.68. The summed E-state index contributed by atoms with van der Waals surface area (Å²) in [6.45, 7) is 2.76. The molecule has 9 heteroatoms. The van der Waals surface area contributed by atoms with Crippen molar-refractivity contribution in [2.24, 2.45) is 5.14 Å². The Hall–Kier alpha value is -1.71. The summed E-state index contributed by atoms with van der Waals surface area (Å²) < 4.78 is 24.3. The highest BCUT2D eigenvalue weighted by molar-refractivity contribution is 9.10. The van der Waals surface area contributed by atoms with Crippen molar-refractivity contribution < 1.29 is 8.42 Å². The lowest BCUT2D eigenvalue weighted by molar-refractivity contribution is 0.595. The number of halogens is 1. The smallest absolute Gasteiger partial charge is 0.240 e. The van der Waals surface area contributed by atoms with Gasteiger partial charge in [0.15, 0.2) is 0 Å². The van der Waals surface area contributed by atoms with Crippen LogP contribution in [0.1, 0.15) is 0 Å². The predicted octanol–water partition coefficient (Wildman–Crippen LogP) is 1.21. The van der Waals surface area contributed by atoms with Gasteiger partial charge in [0.25, 0.3) is 0 Å². The number of anilines is 2. The maximum atomic E-state index is 11.7. The van der Waals surface area contributed by atoms with Gasteiger partial charge >= 0.3 is 0 Å². The molecule has 122 valence electrons. The first-order valence-electron chi connectivity index (χ1n) is 7.04. The van der Waals surface area contributed by atoms with Crippen molar-refractivity contribution in [3.63, 3.8) is 0 Å². The molecule has 0 saturated carbocycles. The minimum atomic E-state index is -3.74. The van der Waals surface area contributed by atoms with Crippen LogP contribution in [0.25, 0.3) is 0 Å². The van der Waals surface area contributed by atoms with Gasteiger partial charge in [-0.25, -0.2) is 23.5 Å². The van der Waals surface area contributed by atoms with Crippen LogP contribution < -0.4 is 14.9 Å². The van der Waals surface area contributed by atoms with E-state index in [4.69, 9.17) is 5.14 Å². The molecule has 2 N–H and O–H groups in total. The molecule has 0 amide bonds. The van der Waals surface area contributed by atoms with Crippen LogP contribution in [-0.2, 0) is 10.0 Å². The summed E-state index contributed by atoms with van der Waals surface area (Å²) >= 11 is 3.32. The molecule has 1 fully saturated rings. The predicted molar refractivity (Wildman–Crippen MR) is 92.0 cm³/mol. The van der Waals surface area contributed by atoms with Crippen molar-refractivity contribution in [3.05, 3.63) is 41.1 Å². The Morgan fingerprint density at radius 1 is 1.00 bits per heavy atom. The lowest BCUT2D eigenvalue weighted by Crippen LogP contribution is -2.47. The Kier molecular flexibility index (Phi) is 4.51. The molecule has 0 aliphatic carbocycles. The Morgan fingerprint density at radius 3 is 2.17 bits per heavy atom. The number of sulfonamides is 1. The van der Waals surface area contributed by atoms with Crippen LogP contribution >= 0.6 is 15.9 Å². The molecule has 7 nitrogen and oxygen atoms in total. The monoisotopic (exact) mass is 397 g/mol. The number of aromatic nitrogens is 2. The summed E-state index contributed by atoms with van der Waals surface area (Å²) in [4.78, 5) is 12.8. The lowest BCUT2D eigenvalue weighted by atomic mass is 10.2. The second kappa shape index (κ2) is 6.42. The Labute approximate surface area is 143 Å². The van der Waals surface area contributed by atoms with E-state index in [-0.39, 0.29) is 4.90 Å². The van der Waals surface area contributed by atoms with Gasteiger partial charge in [-0.3, -0.25) is 0 Å². The molecule has 0 radical (unpaired) electrons. The fourth-order valence-electron chi connectivity index (χ4n) is 2.58. The van der Waals surface area contributed by atoms with Gasteiger partial charge in [0.2, 0.25) is 16.0 Å². The highest BCUT2D eigenvalue weighted by Crippen LogP contribution is 2.25. The Bertz CT molecular complexity index is 789. The van der Waals surface area contributed by atoms with Crippen molar-refractivity contribution in [1.29, 1.82) is 0 Å². The molecule has 2 heterocycles. The van der Waals surface area contributed by atoms with Gasteiger partial charge in [0, 0.05) is 38.6 Å². The maximum absolute atomic E-state index is 11.7. The highest BCUT2D eigenvalue weighted by atomic mass is 79.9. The number of rotatable bonds is 3. The van der Waals surface area contributed by atoms with E-state index in [1.807, 2.05) is 11.0 Å². The molecule has 23 heavy (non-hydrogen) atoms. The highest BCUT2D eigenvalue weighted by Gasteiger charge is 2.23. The number of nitrogens with two attached hydrogens (primary N) is 1. The lowest BCUT2D eigenvalue weighted by Gasteiger charge is -2.36. The zero-order valence-electron chi connectivity index (χ0n) is 12.3. The summed E-state index contributed by atoms with van der Waals surface area (Å²) in [6, 6.07) is 6.81. The van der Waals surface area contributed by atoms with E-state index in [1.165, 1.54) is 6.07 Å². The largest absolute Gasteiger partial charge is 0.367 e. The SMILES string of the molecule is NS(=O)(=O)c1ccccc1N1CCN(c2ncc(Br)cn2)CC1.